The average Bonchev–Trinajstić information content (AvgIpc) is 2.20. The predicted octanol–water partition coefficient (Wildman–Crippen LogP) is 2.75. The molecule has 0 aliphatic carbocycles. The van der Waals surface area contributed by atoms with Crippen LogP contribution in [-0.4, -0.2) is 17.5 Å². The summed E-state index contributed by atoms with van der Waals surface area (Å²) in [7, 11) is 0. The first-order valence-corrected chi connectivity index (χ1v) is 5.09. The van der Waals surface area contributed by atoms with E-state index < -0.39 is 4.87 Å². The summed E-state index contributed by atoms with van der Waals surface area (Å²) in [6, 6.07) is -0.350. The van der Waals surface area contributed by atoms with E-state index in [1.165, 1.54) is 0 Å². The summed E-state index contributed by atoms with van der Waals surface area (Å²) in [5.41, 5.74) is 22.3. The molecule has 0 bridgehead atoms. The molecule has 8 heteroatoms. The van der Waals surface area contributed by atoms with Gasteiger partial charge in [0.2, 0.25) is 0 Å². The molecule has 7 nitrogen and oxygen atoms in total. The van der Waals surface area contributed by atoms with Crippen molar-refractivity contribution in [3.63, 3.8) is 0 Å². The van der Waals surface area contributed by atoms with Gasteiger partial charge in [-0.15, -0.1) is 0 Å². The van der Waals surface area contributed by atoms with E-state index in [9.17, 15) is 0 Å². The topological polar surface area (TPSA) is 124 Å². The monoisotopic (exact) mass is 229 g/mol. The van der Waals surface area contributed by atoms with Crippen LogP contribution in [0.2, 0.25) is 0 Å². The zero-order valence-electron chi connectivity index (χ0n) is 8.61. The molecule has 84 valence electrons. The van der Waals surface area contributed by atoms with Crippen molar-refractivity contribution in [2.24, 2.45) is 16.0 Å². The van der Waals surface area contributed by atoms with Gasteiger partial charge in [0.25, 0.3) is 0 Å². The van der Waals surface area contributed by atoms with Gasteiger partial charge in [-0.1, -0.05) is 17.2 Å². The molecular formula is C7H15N7S. The number of azide groups is 2. The van der Waals surface area contributed by atoms with Crippen molar-refractivity contribution in [2.75, 3.05) is 6.54 Å². The van der Waals surface area contributed by atoms with Crippen molar-refractivity contribution in [2.45, 2.75) is 37.1 Å². The minimum Gasteiger partial charge on any atom is -0.317 e. The predicted molar refractivity (Wildman–Crippen MR) is 62.4 cm³/mol. The first-order valence-electron chi connectivity index (χ1n) is 4.64. The second-order valence-electron chi connectivity index (χ2n) is 3.18. The lowest BCUT2D eigenvalue weighted by Crippen LogP contribution is -2.44. The number of thiol groups is 1. The molecule has 0 aromatic rings. The maximum Gasteiger partial charge on any atom is 0.0675 e. The average molecular weight is 229 g/mol. The quantitative estimate of drug-likeness (QED) is 0.171. The van der Waals surface area contributed by atoms with Crippen LogP contribution in [0.4, 0.5) is 0 Å². The van der Waals surface area contributed by atoms with E-state index in [1.54, 1.807) is 0 Å². The SMILES string of the molecule is CCC(N=[N+]=[N-])C(N)(S)CCCN=[N+]=[N-]. The number of hydrogen-bond acceptors (Lipinski definition) is 4. The normalized spacial score (nSPS) is 15.7. The Bertz CT molecular complexity index is 277. The molecular weight excluding hydrogens is 214 g/mol. The summed E-state index contributed by atoms with van der Waals surface area (Å²) in [5, 5.41) is 6.98. The van der Waals surface area contributed by atoms with Gasteiger partial charge in [-0.2, -0.15) is 12.6 Å². The Balaban J connectivity index is 4.23. The van der Waals surface area contributed by atoms with Crippen molar-refractivity contribution in [3.8, 4) is 0 Å². The Morgan fingerprint density at radius 2 is 2.13 bits per heavy atom. The fourth-order valence-corrected chi connectivity index (χ4v) is 1.63. The Morgan fingerprint density at radius 3 is 2.60 bits per heavy atom. The summed E-state index contributed by atoms with van der Waals surface area (Å²) in [5.74, 6) is 0. The van der Waals surface area contributed by atoms with Crippen LogP contribution in [0, 0.1) is 0 Å². The maximum absolute atomic E-state index is 8.34. The largest absolute Gasteiger partial charge is 0.317 e. The second-order valence-corrected chi connectivity index (χ2v) is 4.01. The minimum atomic E-state index is -0.841. The van der Waals surface area contributed by atoms with Crippen LogP contribution >= 0.6 is 12.6 Å². The van der Waals surface area contributed by atoms with E-state index >= 15 is 0 Å². The van der Waals surface area contributed by atoms with Gasteiger partial charge in [-0.05, 0) is 30.3 Å². The first-order chi connectivity index (χ1) is 7.08. The molecule has 0 saturated carbocycles. The summed E-state index contributed by atoms with van der Waals surface area (Å²) in [6.45, 7) is 2.26. The Hall–Kier alpha value is -1.07. The molecule has 0 heterocycles. The third-order valence-corrected chi connectivity index (χ3v) is 2.58. The molecule has 0 saturated heterocycles. The Kier molecular flexibility index (Phi) is 6.73. The molecule has 2 unspecified atom stereocenters. The molecule has 0 aromatic heterocycles. The van der Waals surface area contributed by atoms with Gasteiger partial charge in [0.1, 0.15) is 0 Å². The van der Waals surface area contributed by atoms with Crippen LogP contribution < -0.4 is 5.73 Å². The highest BCUT2D eigenvalue weighted by atomic mass is 32.1. The molecule has 0 aliphatic rings. The summed E-state index contributed by atoms with van der Waals surface area (Å²) in [4.78, 5) is 4.52. The molecule has 0 spiro atoms. The van der Waals surface area contributed by atoms with Crippen LogP contribution in [0.3, 0.4) is 0 Å². The van der Waals surface area contributed by atoms with Crippen molar-refractivity contribution in [1.29, 1.82) is 0 Å². The van der Waals surface area contributed by atoms with Gasteiger partial charge in [-0.3, -0.25) is 0 Å². The van der Waals surface area contributed by atoms with Crippen LogP contribution in [0.1, 0.15) is 26.2 Å². The van der Waals surface area contributed by atoms with Gasteiger partial charge in [0.15, 0.2) is 0 Å². The maximum atomic E-state index is 8.34. The zero-order valence-corrected chi connectivity index (χ0v) is 9.51. The molecule has 0 fully saturated rings. The zero-order chi connectivity index (χ0) is 11.7. The van der Waals surface area contributed by atoms with Crippen molar-refractivity contribution in [1.82, 2.24) is 0 Å². The van der Waals surface area contributed by atoms with Crippen LogP contribution in [0.25, 0.3) is 20.9 Å². The molecule has 15 heavy (non-hydrogen) atoms. The Morgan fingerprint density at radius 1 is 1.47 bits per heavy atom. The number of hydrogen-bond donors (Lipinski definition) is 2. The lowest BCUT2D eigenvalue weighted by atomic mass is 10.0. The van der Waals surface area contributed by atoms with E-state index in [4.69, 9.17) is 16.8 Å². The van der Waals surface area contributed by atoms with Crippen molar-refractivity contribution < 1.29 is 0 Å². The standard InChI is InChI=1S/C7H15N7S/c1-2-6(12-14-10)7(8,15)4-3-5-11-13-9/h6,15H,2-5,8H2,1H3. The molecule has 0 aliphatic heterocycles. The molecule has 2 N–H and O–H groups in total. The third kappa shape index (κ3) is 5.39. The first kappa shape index (κ1) is 13.9. The van der Waals surface area contributed by atoms with Crippen molar-refractivity contribution in [3.05, 3.63) is 20.9 Å². The van der Waals surface area contributed by atoms with Gasteiger partial charge in [0.05, 0.1) is 10.9 Å². The van der Waals surface area contributed by atoms with Crippen LogP contribution in [0.15, 0.2) is 10.2 Å². The van der Waals surface area contributed by atoms with E-state index in [1.807, 2.05) is 6.92 Å². The molecule has 0 aromatic carbocycles. The number of rotatable bonds is 7. The number of nitrogens with two attached hydrogens (primary N) is 1. The molecule has 0 amide bonds. The fourth-order valence-electron chi connectivity index (χ4n) is 1.24. The molecule has 2 atom stereocenters. The van der Waals surface area contributed by atoms with E-state index in [2.05, 4.69) is 32.7 Å². The van der Waals surface area contributed by atoms with Crippen LogP contribution in [0.5, 0.6) is 0 Å². The lowest BCUT2D eigenvalue weighted by Gasteiger charge is -2.29. The second kappa shape index (κ2) is 7.25. The van der Waals surface area contributed by atoms with E-state index in [0.717, 1.165) is 0 Å². The van der Waals surface area contributed by atoms with Crippen LogP contribution in [-0.2, 0) is 0 Å². The Labute approximate surface area is 93.7 Å². The highest BCUT2D eigenvalue weighted by Crippen LogP contribution is 2.24. The van der Waals surface area contributed by atoms with Gasteiger partial charge < -0.3 is 5.73 Å². The van der Waals surface area contributed by atoms with Crippen molar-refractivity contribution >= 4 is 12.6 Å². The highest BCUT2D eigenvalue weighted by Gasteiger charge is 2.28. The van der Waals surface area contributed by atoms with Gasteiger partial charge >= 0.3 is 0 Å². The summed E-state index contributed by atoms with van der Waals surface area (Å²) >= 11 is 4.28. The third-order valence-electron chi connectivity index (χ3n) is 2.05. The smallest absolute Gasteiger partial charge is 0.0675 e. The number of nitrogens with zero attached hydrogens (tertiary/aromatic N) is 6. The van der Waals surface area contributed by atoms with E-state index in [0.29, 0.717) is 25.8 Å². The molecule has 0 rings (SSSR count). The highest BCUT2D eigenvalue weighted by molar-refractivity contribution is 7.81. The fraction of sp³-hybridized carbons (Fsp3) is 1.00. The van der Waals surface area contributed by atoms with E-state index in [-0.39, 0.29) is 6.04 Å². The summed E-state index contributed by atoms with van der Waals surface area (Å²) in [6.07, 6.45) is 1.79. The lowest BCUT2D eigenvalue weighted by molar-refractivity contribution is 0.435. The van der Waals surface area contributed by atoms with Gasteiger partial charge in [-0.25, -0.2) is 0 Å². The minimum absolute atomic E-state index is 0.350. The summed E-state index contributed by atoms with van der Waals surface area (Å²) < 4.78 is 0. The molecule has 0 radical (unpaired) electrons. The van der Waals surface area contributed by atoms with Gasteiger partial charge in [0, 0.05) is 16.4 Å².